The minimum absolute atomic E-state index is 0.0309. The number of nitrogen functional groups attached to an aromatic ring is 1. The number of hydrogen-bond donors (Lipinski definition) is 4. The molecule has 0 radical (unpaired) electrons. The van der Waals surface area contributed by atoms with Crippen molar-refractivity contribution in [2.45, 2.75) is 13.0 Å². The number of rotatable bonds is 6. The molecule has 0 spiro atoms. The first-order valence-electron chi connectivity index (χ1n) is 7.68. The molecule has 3 aromatic rings. The number of nitrogens with zero attached hydrogens (tertiary/aromatic N) is 4. The first kappa shape index (κ1) is 18.0. The number of benzene rings is 1. The third kappa shape index (κ3) is 4.05. The summed E-state index contributed by atoms with van der Waals surface area (Å²) in [5.41, 5.74) is 7.51. The average molecular weight is 376 g/mol. The average Bonchev–Trinajstić information content (AvgIpc) is 2.98. The molecule has 2 aromatic heterocycles. The molecule has 11 heteroatoms. The highest BCUT2D eigenvalue weighted by molar-refractivity contribution is 7.51. The summed E-state index contributed by atoms with van der Waals surface area (Å²) in [6.07, 6.45) is 1.10. The van der Waals surface area contributed by atoms with Gasteiger partial charge in [0.15, 0.2) is 17.0 Å². The van der Waals surface area contributed by atoms with Crippen LogP contribution in [0.2, 0.25) is 0 Å². The predicted octanol–water partition coefficient (Wildman–Crippen LogP) is 0.516. The van der Waals surface area contributed by atoms with Crippen molar-refractivity contribution in [2.24, 2.45) is 0 Å². The Morgan fingerprint density at radius 1 is 1.23 bits per heavy atom. The third-order valence-corrected chi connectivity index (χ3v) is 4.25. The van der Waals surface area contributed by atoms with Crippen LogP contribution >= 0.6 is 7.60 Å². The highest BCUT2D eigenvalue weighted by atomic mass is 31.2. The number of imidazole rings is 1. The summed E-state index contributed by atoms with van der Waals surface area (Å²) in [7, 11) is -4.38. The zero-order valence-corrected chi connectivity index (χ0v) is 14.5. The molecule has 0 aliphatic rings. The molecule has 0 aliphatic heterocycles. The number of aromatic nitrogens is 4. The van der Waals surface area contributed by atoms with Gasteiger partial charge in [0.2, 0.25) is 5.82 Å². The van der Waals surface area contributed by atoms with Crippen LogP contribution in [0.3, 0.4) is 0 Å². The fourth-order valence-electron chi connectivity index (χ4n) is 2.48. The van der Waals surface area contributed by atoms with Gasteiger partial charge >= 0.3 is 7.60 Å². The van der Waals surface area contributed by atoms with Crippen LogP contribution < -0.4 is 11.1 Å². The van der Waals surface area contributed by atoms with Crippen LogP contribution in [0.15, 0.2) is 36.7 Å². The lowest BCUT2D eigenvalue weighted by Crippen LogP contribution is -2.28. The molecule has 3 rings (SSSR count). The van der Waals surface area contributed by atoms with Crippen LogP contribution in [0.5, 0.6) is 0 Å². The standard InChI is InChI=1S/C15H17N6O4P/c16-12-11-13(18-8-17-12)21(7-6-10-4-2-1-3-5-10)14(20-11)15(22)19-9-26(23,24)25/h1-5,8H,6-7,9H2,(H,19,22)(H2,16,17,18)(H2,23,24,25). The van der Waals surface area contributed by atoms with Crippen LogP contribution in [-0.4, -0.2) is 41.5 Å². The van der Waals surface area contributed by atoms with E-state index in [1.54, 1.807) is 4.57 Å². The third-order valence-electron chi connectivity index (χ3n) is 3.68. The van der Waals surface area contributed by atoms with Gasteiger partial charge in [0.1, 0.15) is 12.6 Å². The van der Waals surface area contributed by atoms with Gasteiger partial charge in [-0.2, -0.15) is 0 Å². The molecule has 10 nitrogen and oxygen atoms in total. The Morgan fingerprint density at radius 2 is 1.96 bits per heavy atom. The number of carbonyl (C=O) groups excluding carboxylic acids is 1. The summed E-state index contributed by atoms with van der Waals surface area (Å²) < 4.78 is 12.6. The van der Waals surface area contributed by atoms with Gasteiger partial charge in [0, 0.05) is 6.54 Å². The molecule has 0 saturated carbocycles. The summed E-state index contributed by atoms with van der Waals surface area (Å²) in [6, 6.07) is 9.64. The Hall–Kier alpha value is -2.81. The Morgan fingerprint density at radius 3 is 2.65 bits per heavy atom. The van der Waals surface area contributed by atoms with Crippen molar-refractivity contribution >= 4 is 30.5 Å². The first-order chi connectivity index (χ1) is 12.3. The predicted molar refractivity (Wildman–Crippen MR) is 94.3 cm³/mol. The first-order valence-corrected chi connectivity index (χ1v) is 9.48. The molecule has 0 atom stereocenters. The van der Waals surface area contributed by atoms with Gasteiger partial charge in [-0.05, 0) is 12.0 Å². The fourth-order valence-corrected chi connectivity index (χ4v) is 2.83. The Labute approximate surface area is 148 Å². The van der Waals surface area contributed by atoms with Gasteiger partial charge in [-0.3, -0.25) is 9.36 Å². The highest BCUT2D eigenvalue weighted by Crippen LogP contribution is 2.32. The molecule has 5 N–H and O–H groups in total. The monoisotopic (exact) mass is 376 g/mol. The smallest absolute Gasteiger partial charge is 0.344 e. The number of nitrogens with one attached hydrogen (secondary N) is 1. The van der Waals surface area contributed by atoms with E-state index in [0.29, 0.717) is 18.6 Å². The zero-order valence-electron chi connectivity index (χ0n) is 13.6. The van der Waals surface area contributed by atoms with Crippen molar-refractivity contribution in [3.8, 4) is 0 Å². The zero-order chi connectivity index (χ0) is 18.7. The largest absolute Gasteiger partial charge is 0.382 e. The summed E-state index contributed by atoms with van der Waals surface area (Å²) in [4.78, 5) is 42.4. The maximum atomic E-state index is 12.4. The van der Waals surface area contributed by atoms with Crippen molar-refractivity contribution < 1.29 is 19.1 Å². The molecule has 0 aliphatic carbocycles. The number of nitrogens with two attached hydrogens (primary N) is 1. The Balaban J connectivity index is 1.94. The lowest BCUT2D eigenvalue weighted by molar-refractivity contribution is 0.0942. The van der Waals surface area contributed by atoms with Crippen LogP contribution in [-0.2, 0) is 17.5 Å². The number of fused-ring (bicyclic) bond motifs is 1. The van der Waals surface area contributed by atoms with E-state index >= 15 is 0 Å². The van der Waals surface area contributed by atoms with Crippen LogP contribution in [0.4, 0.5) is 5.82 Å². The minimum atomic E-state index is -4.38. The summed E-state index contributed by atoms with van der Waals surface area (Å²) in [6.45, 7) is 0.385. The van der Waals surface area contributed by atoms with Crippen molar-refractivity contribution in [3.63, 3.8) is 0 Å². The number of amides is 1. The lowest BCUT2D eigenvalue weighted by atomic mass is 10.1. The topological polar surface area (TPSA) is 156 Å². The van der Waals surface area contributed by atoms with E-state index in [-0.39, 0.29) is 17.2 Å². The summed E-state index contributed by atoms with van der Waals surface area (Å²) in [5.74, 6) is -0.632. The second-order valence-electron chi connectivity index (χ2n) is 5.58. The van der Waals surface area contributed by atoms with Crippen molar-refractivity contribution in [3.05, 3.63) is 48.0 Å². The minimum Gasteiger partial charge on any atom is -0.382 e. The molecular formula is C15H17N6O4P. The normalized spacial score (nSPS) is 11.6. The molecule has 1 aromatic carbocycles. The van der Waals surface area contributed by atoms with Crippen LogP contribution in [0.1, 0.15) is 16.2 Å². The van der Waals surface area contributed by atoms with Gasteiger partial charge in [-0.15, -0.1) is 0 Å². The van der Waals surface area contributed by atoms with Gasteiger partial charge in [0.25, 0.3) is 5.91 Å². The van der Waals surface area contributed by atoms with E-state index in [4.69, 9.17) is 15.5 Å². The van der Waals surface area contributed by atoms with Crippen molar-refractivity contribution in [1.29, 1.82) is 0 Å². The molecule has 0 saturated heterocycles. The second-order valence-corrected chi connectivity index (χ2v) is 7.23. The molecular weight excluding hydrogens is 359 g/mol. The maximum Gasteiger partial charge on any atom is 0.344 e. The van der Waals surface area contributed by atoms with Crippen LogP contribution in [0, 0.1) is 0 Å². The maximum absolute atomic E-state index is 12.4. The number of aryl methyl sites for hydroxylation is 2. The van der Waals surface area contributed by atoms with Gasteiger partial charge in [-0.25, -0.2) is 15.0 Å². The summed E-state index contributed by atoms with van der Waals surface area (Å²) in [5, 5.41) is 2.18. The lowest BCUT2D eigenvalue weighted by Gasteiger charge is -2.10. The number of anilines is 1. The molecule has 0 bridgehead atoms. The van der Waals surface area contributed by atoms with E-state index in [9.17, 15) is 9.36 Å². The fraction of sp³-hybridized carbons (Fsp3) is 0.200. The van der Waals surface area contributed by atoms with Crippen molar-refractivity contribution in [1.82, 2.24) is 24.8 Å². The molecule has 1 amide bonds. The van der Waals surface area contributed by atoms with E-state index in [1.807, 2.05) is 30.3 Å². The molecule has 0 fully saturated rings. The molecule has 0 unspecified atom stereocenters. The van der Waals surface area contributed by atoms with Gasteiger partial charge in [-0.1, -0.05) is 30.3 Å². The molecule has 26 heavy (non-hydrogen) atoms. The SMILES string of the molecule is Nc1ncnc2c1nc(C(=O)NCP(=O)(O)O)n2CCc1ccccc1. The second kappa shape index (κ2) is 7.20. The Kier molecular flexibility index (Phi) is 4.99. The van der Waals surface area contributed by atoms with Crippen LogP contribution in [0.25, 0.3) is 11.2 Å². The van der Waals surface area contributed by atoms with Crippen molar-refractivity contribution in [2.75, 3.05) is 12.0 Å². The quantitative estimate of drug-likeness (QED) is 0.454. The van der Waals surface area contributed by atoms with Gasteiger partial charge in [0.05, 0.1) is 0 Å². The summed E-state index contributed by atoms with van der Waals surface area (Å²) >= 11 is 0. The van der Waals surface area contributed by atoms with E-state index in [0.717, 1.165) is 5.56 Å². The van der Waals surface area contributed by atoms with E-state index < -0.39 is 19.8 Å². The van der Waals surface area contributed by atoms with E-state index in [1.165, 1.54) is 6.33 Å². The highest BCUT2D eigenvalue weighted by Gasteiger charge is 2.22. The van der Waals surface area contributed by atoms with Gasteiger partial charge < -0.3 is 25.4 Å². The number of hydrogen-bond acceptors (Lipinski definition) is 6. The van der Waals surface area contributed by atoms with E-state index in [2.05, 4.69) is 20.3 Å². The Bertz CT molecular complexity index is 984. The number of carbonyl (C=O) groups is 1. The molecule has 136 valence electrons. The molecule has 2 heterocycles.